The SMILES string of the molecule is Cc1c(NC(=O)c2cc3c(s2)CC(C)CC3)cccc1-c1cn(C)c(=O)c(Nc2ccc(N3CCS(=O)CC3)cc2)n1. The Hall–Kier alpha value is -3.76. The molecule has 0 bridgehead atoms. The number of hydrogen-bond acceptors (Lipinski definition) is 7. The average molecular weight is 602 g/mol. The first-order valence-electron chi connectivity index (χ1n) is 14.3. The zero-order valence-corrected chi connectivity index (χ0v) is 25.7. The van der Waals surface area contributed by atoms with E-state index in [0.29, 0.717) is 23.1 Å². The maximum atomic E-state index is 13.2. The molecule has 4 aromatic rings. The number of carbonyl (C=O) groups excluding carboxylic acids is 1. The fraction of sp³-hybridized carbons (Fsp3) is 0.344. The van der Waals surface area contributed by atoms with E-state index in [-0.39, 0.29) is 17.3 Å². The molecule has 8 nitrogen and oxygen atoms in total. The van der Waals surface area contributed by atoms with Gasteiger partial charge in [0.05, 0.1) is 10.6 Å². The molecule has 1 atom stereocenters. The first kappa shape index (κ1) is 28.4. The number of anilines is 4. The number of nitrogens with zero attached hydrogens (tertiary/aromatic N) is 3. The van der Waals surface area contributed by atoms with E-state index < -0.39 is 10.8 Å². The number of thiophene rings is 1. The van der Waals surface area contributed by atoms with Crippen LogP contribution in [-0.2, 0) is 30.7 Å². The first-order chi connectivity index (χ1) is 20.2. The van der Waals surface area contributed by atoms with Gasteiger partial charge >= 0.3 is 0 Å². The van der Waals surface area contributed by atoms with Crippen LogP contribution < -0.4 is 21.1 Å². The molecule has 0 spiro atoms. The summed E-state index contributed by atoms with van der Waals surface area (Å²) in [5.74, 6) is 2.16. The van der Waals surface area contributed by atoms with Crippen molar-refractivity contribution >= 4 is 50.9 Å². The van der Waals surface area contributed by atoms with Gasteiger partial charge < -0.3 is 20.1 Å². The van der Waals surface area contributed by atoms with Gasteiger partial charge in [-0.3, -0.25) is 13.8 Å². The minimum atomic E-state index is -0.724. The third-order valence-corrected chi connectivity index (χ3v) is 10.6. The van der Waals surface area contributed by atoms with Crippen LogP contribution >= 0.6 is 11.3 Å². The molecule has 2 aromatic carbocycles. The van der Waals surface area contributed by atoms with Crippen molar-refractivity contribution in [1.82, 2.24) is 9.55 Å². The molecule has 0 saturated carbocycles. The van der Waals surface area contributed by atoms with Gasteiger partial charge in [-0.15, -0.1) is 11.3 Å². The molecule has 10 heteroatoms. The van der Waals surface area contributed by atoms with Crippen LogP contribution in [0.1, 0.15) is 39.0 Å². The molecule has 2 N–H and O–H groups in total. The van der Waals surface area contributed by atoms with Gasteiger partial charge in [0, 0.05) is 76.1 Å². The van der Waals surface area contributed by atoms with Crippen LogP contribution in [0.2, 0.25) is 0 Å². The molecule has 218 valence electrons. The maximum Gasteiger partial charge on any atom is 0.293 e. The first-order valence-corrected chi connectivity index (χ1v) is 16.6. The van der Waals surface area contributed by atoms with Gasteiger partial charge in [-0.25, -0.2) is 4.98 Å². The fourth-order valence-electron chi connectivity index (χ4n) is 5.62. The van der Waals surface area contributed by atoms with Crippen molar-refractivity contribution < 1.29 is 9.00 Å². The molecule has 1 saturated heterocycles. The zero-order valence-electron chi connectivity index (χ0n) is 24.1. The van der Waals surface area contributed by atoms with Gasteiger partial charge in [-0.2, -0.15) is 0 Å². The summed E-state index contributed by atoms with van der Waals surface area (Å²) >= 11 is 1.60. The molecule has 1 fully saturated rings. The summed E-state index contributed by atoms with van der Waals surface area (Å²) < 4.78 is 13.2. The molecule has 6 rings (SSSR count). The highest BCUT2D eigenvalue weighted by Gasteiger charge is 2.22. The van der Waals surface area contributed by atoms with Gasteiger partial charge in [0.15, 0.2) is 5.82 Å². The molecule has 3 heterocycles. The zero-order chi connectivity index (χ0) is 29.4. The maximum absolute atomic E-state index is 13.2. The van der Waals surface area contributed by atoms with Crippen LogP contribution in [0.5, 0.6) is 0 Å². The van der Waals surface area contributed by atoms with Crippen LogP contribution in [0.3, 0.4) is 0 Å². The van der Waals surface area contributed by atoms with Crippen LogP contribution in [0, 0.1) is 12.8 Å². The second kappa shape index (κ2) is 11.9. The normalized spacial score (nSPS) is 17.1. The summed E-state index contributed by atoms with van der Waals surface area (Å²) in [5.41, 5.74) is 5.96. The van der Waals surface area contributed by atoms with E-state index in [9.17, 15) is 13.8 Å². The topological polar surface area (TPSA) is 96.3 Å². The lowest BCUT2D eigenvalue weighted by Gasteiger charge is -2.28. The number of carbonyl (C=O) groups is 1. The molecular weight excluding hydrogens is 567 g/mol. The average Bonchev–Trinajstić information content (AvgIpc) is 3.41. The second-order valence-corrected chi connectivity index (χ2v) is 14.1. The van der Waals surface area contributed by atoms with Crippen molar-refractivity contribution in [3.8, 4) is 11.3 Å². The second-order valence-electron chi connectivity index (χ2n) is 11.2. The Bertz CT molecular complexity index is 1720. The molecule has 1 aliphatic heterocycles. The van der Waals surface area contributed by atoms with Crippen LogP contribution in [0.4, 0.5) is 22.9 Å². The Balaban J connectivity index is 1.22. The van der Waals surface area contributed by atoms with E-state index in [1.165, 1.54) is 21.4 Å². The predicted octanol–water partition coefficient (Wildman–Crippen LogP) is 5.51. The summed E-state index contributed by atoms with van der Waals surface area (Å²) in [6.07, 6.45) is 4.97. The molecule has 2 aromatic heterocycles. The van der Waals surface area contributed by atoms with E-state index in [1.54, 1.807) is 24.6 Å². The van der Waals surface area contributed by atoms with Gasteiger partial charge in [0.25, 0.3) is 11.5 Å². The summed E-state index contributed by atoms with van der Waals surface area (Å²) in [6, 6.07) is 15.7. The van der Waals surface area contributed by atoms with Crippen LogP contribution in [0.25, 0.3) is 11.3 Å². The highest BCUT2D eigenvalue weighted by Crippen LogP contribution is 2.34. The molecule has 1 unspecified atom stereocenters. The Kier molecular flexibility index (Phi) is 8.00. The number of fused-ring (bicyclic) bond motifs is 1. The van der Waals surface area contributed by atoms with E-state index in [1.807, 2.05) is 55.5 Å². The highest BCUT2D eigenvalue weighted by atomic mass is 32.2. The molecule has 42 heavy (non-hydrogen) atoms. The van der Waals surface area contributed by atoms with Crippen molar-refractivity contribution in [3.63, 3.8) is 0 Å². The number of rotatable bonds is 6. The lowest BCUT2D eigenvalue weighted by molar-refractivity contribution is 0.103. The summed E-state index contributed by atoms with van der Waals surface area (Å²) in [7, 11) is 0.987. The number of nitrogens with one attached hydrogen (secondary N) is 2. The summed E-state index contributed by atoms with van der Waals surface area (Å²) in [6.45, 7) is 5.78. The van der Waals surface area contributed by atoms with E-state index in [0.717, 1.165) is 59.0 Å². The number of amides is 1. The van der Waals surface area contributed by atoms with Crippen LogP contribution in [0.15, 0.2) is 59.5 Å². The number of aryl methyl sites for hydroxylation is 2. The Morgan fingerprint density at radius 1 is 1.12 bits per heavy atom. The summed E-state index contributed by atoms with van der Waals surface area (Å²) in [5, 5.41) is 6.31. The largest absolute Gasteiger partial charge is 0.370 e. The van der Waals surface area contributed by atoms with Crippen molar-refractivity contribution in [3.05, 3.63) is 86.0 Å². The lowest BCUT2D eigenvalue weighted by atomic mass is 9.90. The lowest BCUT2D eigenvalue weighted by Crippen LogP contribution is -2.37. The molecule has 1 aliphatic carbocycles. The van der Waals surface area contributed by atoms with Crippen molar-refractivity contribution in [1.29, 1.82) is 0 Å². The quantitative estimate of drug-likeness (QED) is 0.303. The standard InChI is InChI=1S/C32H35N5O3S2/c1-20-7-8-22-18-29(41-28(22)17-20)31(38)35-26-6-4-5-25(21(26)2)27-19-36(3)32(39)30(34-27)33-23-9-11-24(12-10-23)37-13-15-42(40)16-14-37/h4-6,9-12,18-20H,7-8,13-17H2,1-3H3,(H,33,34)(H,35,38). The Morgan fingerprint density at radius 3 is 2.64 bits per heavy atom. The predicted molar refractivity (Wildman–Crippen MR) is 173 cm³/mol. The molecule has 2 aliphatic rings. The third kappa shape index (κ3) is 5.91. The minimum absolute atomic E-state index is 0.0978. The summed E-state index contributed by atoms with van der Waals surface area (Å²) in [4.78, 5) is 35.2. The van der Waals surface area contributed by atoms with E-state index in [4.69, 9.17) is 4.98 Å². The van der Waals surface area contributed by atoms with Gasteiger partial charge in [-0.1, -0.05) is 19.1 Å². The van der Waals surface area contributed by atoms with Gasteiger partial charge in [-0.05, 0) is 79.6 Å². The highest BCUT2D eigenvalue weighted by molar-refractivity contribution is 7.85. The Morgan fingerprint density at radius 2 is 1.88 bits per heavy atom. The molecular formula is C32H35N5O3S2. The third-order valence-electron chi connectivity index (χ3n) is 8.16. The fourth-order valence-corrected chi connectivity index (χ4v) is 7.94. The Labute approximate surface area is 252 Å². The van der Waals surface area contributed by atoms with Gasteiger partial charge in [0.1, 0.15) is 0 Å². The number of hydrogen-bond donors (Lipinski definition) is 2. The monoisotopic (exact) mass is 601 g/mol. The smallest absolute Gasteiger partial charge is 0.293 e. The van der Waals surface area contributed by atoms with Crippen LogP contribution in [-0.4, -0.2) is 44.3 Å². The van der Waals surface area contributed by atoms with Crippen molar-refractivity contribution in [2.45, 2.75) is 33.1 Å². The minimum Gasteiger partial charge on any atom is -0.370 e. The number of benzene rings is 2. The van der Waals surface area contributed by atoms with E-state index in [2.05, 4.69) is 22.5 Å². The van der Waals surface area contributed by atoms with E-state index >= 15 is 0 Å². The number of aromatic nitrogens is 2. The molecule has 1 amide bonds. The van der Waals surface area contributed by atoms with Gasteiger partial charge in [0.2, 0.25) is 0 Å². The molecule has 0 radical (unpaired) electrons. The van der Waals surface area contributed by atoms with Crippen molar-refractivity contribution in [2.24, 2.45) is 13.0 Å². The van der Waals surface area contributed by atoms with Crippen molar-refractivity contribution in [2.75, 3.05) is 40.1 Å².